The number of anilines is 1. The fourth-order valence-corrected chi connectivity index (χ4v) is 4.41. The lowest BCUT2D eigenvalue weighted by Crippen LogP contribution is -2.26. The van der Waals surface area contributed by atoms with Crippen LogP contribution in [0.2, 0.25) is 0 Å². The zero-order valence-corrected chi connectivity index (χ0v) is 14.6. The Labute approximate surface area is 133 Å². The van der Waals surface area contributed by atoms with Crippen molar-refractivity contribution in [1.82, 2.24) is 0 Å². The SMILES string of the molecule is CC.Cc1ccc2c(c1)S(=O)(=O)N(C)c1ccccc1C2C. The zero-order chi connectivity index (χ0) is 16.5. The predicted octanol–water partition coefficient (Wildman–Crippen LogP) is 4.31. The summed E-state index contributed by atoms with van der Waals surface area (Å²) in [6, 6.07) is 13.4. The second-order valence-electron chi connectivity index (χ2n) is 5.29. The van der Waals surface area contributed by atoms with E-state index in [1.165, 1.54) is 4.31 Å². The smallest absolute Gasteiger partial charge is 0.264 e. The molecule has 22 heavy (non-hydrogen) atoms. The molecule has 2 aromatic carbocycles. The van der Waals surface area contributed by atoms with E-state index in [4.69, 9.17) is 0 Å². The van der Waals surface area contributed by atoms with Crippen molar-refractivity contribution in [3.05, 3.63) is 59.2 Å². The summed E-state index contributed by atoms with van der Waals surface area (Å²) in [6.45, 7) is 7.97. The lowest BCUT2D eigenvalue weighted by molar-refractivity contribution is 0.593. The van der Waals surface area contributed by atoms with Crippen LogP contribution in [0.4, 0.5) is 5.69 Å². The lowest BCUT2D eigenvalue weighted by atomic mass is 9.91. The normalized spacial score (nSPS) is 18.4. The molecule has 1 aliphatic heterocycles. The van der Waals surface area contributed by atoms with Crippen molar-refractivity contribution < 1.29 is 8.42 Å². The molecule has 0 aromatic heterocycles. The summed E-state index contributed by atoms with van der Waals surface area (Å²) in [7, 11) is -1.87. The van der Waals surface area contributed by atoms with Crippen molar-refractivity contribution in [2.24, 2.45) is 0 Å². The number of sulfonamides is 1. The number of benzene rings is 2. The van der Waals surface area contributed by atoms with Crippen LogP contribution in [0.25, 0.3) is 0 Å². The molecule has 2 aromatic rings. The maximum absolute atomic E-state index is 12.8. The molecular weight excluding hydrogens is 294 g/mol. The molecule has 0 radical (unpaired) electrons. The highest BCUT2D eigenvalue weighted by Crippen LogP contribution is 2.40. The Kier molecular flexibility index (Phi) is 4.61. The van der Waals surface area contributed by atoms with Crippen LogP contribution in [-0.2, 0) is 10.0 Å². The van der Waals surface area contributed by atoms with Gasteiger partial charge in [-0.05, 0) is 35.7 Å². The first-order chi connectivity index (χ1) is 10.4. The summed E-state index contributed by atoms with van der Waals surface area (Å²) < 4.78 is 27.0. The Bertz CT molecular complexity index is 781. The van der Waals surface area contributed by atoms with Gasteiger partial charge in [-0.1, -0.05) is 51.1 Å². The molecule has 1 unspecified atom stereocenters. The van der Waals surface area contributed by atoms with Crippen molar-refractivity contribution in [2.75, 3.05) is 11.4 Å². The van der Waals surface area contributed by atoms with Gasteiger partial charge in [0, 0.05) is 13.0 Å². The maximum Gasteiger partial charge on any atom is 0.264 e. The molecule has 118 valence electrons. The first-order valence-electron chi connectivity index (χ1n) is 7.61. The standard InChI is InChI=1S/C16H17NO2S.C2H6/c1-11-8-9-14-12(2)13-6-4-5-7-15(13)17(3)20(18,19)16(14)10-11;1-2/h4-10,12H,1-3H3;1-2H3. The van der Waals surface area contributed by atoms with Crippen LogP contribution >= 0.6 is 0 Å². The van der Waals surface area contributed by atoms with E-state index in [9.17, 15) is 8.42 Å². The molecule has 1 aliphatic rings. The van der Waals surface area contributed by atoms with Gasteiger partial charge in [-0.3, -0.25) is 4.31 Å². The van der Waals surface area contributed by atoms with E-state index in [1.807, 2.05) is 57.2 Å². The van der Waals surface area contributed by atoms with E-state index in [1.54, 1.807) is 13.1 Å². The molecule has 4 heteroatoms. The number of aryl methyl sites for hydroxylation is 1. The Balaban J connectivity index is 0.000000847. The third-order valence-corrected chi connectivity index (χ3v) is 5.84. The van der Waals surface area contributed by atoms with E-state index in [0.717, 1.165) is 22.4 Å². The van der Waals surface area contributed by atoms with Crippen LogP contribution in [0, 0.1) is 6.92 Å². The summed E-state index contributed by atoms with van der Waals surface area (Å²) >= 11 is 0. The van der Waals surface area contributed by atoms with Crippen LogP contribution < -0.4 is 4.31 Å². The van der Waals surface area contributed by atoms with Gasteiger partial charge in [-0.25, -0.2) is 8.42 Å². The second-order valence-corrected chi connectivity index (χ2v) is 7.23. The monoisotopic (exact) mass is 317 g/mol. The maximum atomic E-state index is 12.8. The molecule has 0 aliphatic carbocycles. The fourth-order valence-electron chi connectivity index (χ4n) is 2.81. The van der Waals surface area contributed by atoms with E-state index in [0.29, 0.717) is 4.90 Å². The van der Waals surface area contributed by atoms with Gasteiger partial charge >= 0.3 is 0 Å². The van der Waals surface area contributed by atoms with Crippen molar-refractivity contribution in [1.29, 1.82) is 0 Å². The van der Waals surface area contributed by atoms with Crippen LogP contribution in [0.3, 0.4) is 0 Å². The minimum Gasteiger partial charge on any atom is -0.269 e. The largest absolute Gasteiger partial charge is 0.269 e. The van der Waals surface area contributed by atoms with Gasteiger partial charge in [0.2, 0.25) is 0 Å². The van der Waals surface area contributed by atoms with Gasteiger partial charge in [0.25, 0.3) is 10.0 Å². The highest BCUT2D eigenvalue weighted by molar-refractivity contribution is 7.92. The van der Waals surface area contributed by atoms with Crippen molar-refractivity contribution in [3.8, 4) is 0 Å². The summed E-state index contributed by atoms with van der Waals surface area (Å²) in [5, 5.41) is 0. The van der Waals surface area contributed by atoms with E-state index < -0.39 is 10.0 Å². The highest BCUT2D eigenvalue weighted by Gasteiger charge is 2.32. The van der Waals surface area contributed by atoms with E-state index in [-0.39, 0.29) is 5.92 Å². The molecule has 3 nitrogen and oxygen atoms in total. The van der Waals surface area contributed by atoms with Crippen molar-refractivity contribution in [2.45, 2.75) is 38.5 Å². The third kappa shape index (κ3) is 2.52. The van der Waals surface area contributed by atoms with Crippen LogP contribution in [0.5, 0.6) is 0 Å². The molecule has 0 saturated heterocycles. The molecule has 0 saturated carbocycles. The van der Waals surface area contributed by atoms with Gasteiger partial charge in [0.05, 0.1) is 10.6 Å². The Hall–Kier alpha value is -1.81. The predicted molar refractivity (Wildman–Crippen MR) is 92.1 cm³/mol. The minimum atomic E-state index is -3.49. The zero-order valence-electron chi connectivity index (χ0n) is 13.8. The van der Waals surface area contributed by atoms with Crippen LogP contribution in [-0.4, -0.2) is 15.5 Å². The average molecular weight is 317 g/mol. The molecule has 3 rings (SSSR count). The number of fused-ring (bicyclic) bond motifs is 2. The molecule has 0 amide bonds. The Morgan fingerprint density at radius 3 is 2.32 bits per heavy atom. The molecule has 1 atom stereocenters. The third-order valence-electron chi connectivity index (χ3n) is 4.02. The molecule has 0 bridgehead atoms. The van der Waals surface area contributed by atoms with Gasteiger partial charge in [-0.15, -0.1) is 0 Å². The Morgan fingerprint density at radius 2 is 1.64 bits per heavy atom. The average Bonchev–Trinajstić information content (AvgIpc) is 2.60. The number of nitrogens with zero attached hydrogens (tertiary/aromatic N) is 1. The lowest BCUT2D eigenvalue weighted by Gasteiger charge is -2.19. The fraction of sp³-hybridized carbons (Fsp3) is 0.333. The molecule has 0 N–H and O–H groups in total. The molecule has 0 spiro atoms. The first-order valence-corrected chi connectivity index (χ1v) is 9.05. The number of hydrogen-bond donors (Lipinski definition) is 0. The summed E-state index contributed by atoms with van der Waals surface area (Å²) in [5.74, 6) is 0.0570. The molecule has 1 heterocycles. The number of rotatable bonds is 0. The van der Waals surface area contributed by atoms with Gasteiger partial charge in [0.1, 0.15) is 0 Å². The van der Waals surface area contributed by atoms with Crippen LogP contribution in [0.1, 0.15) is 43.4 Å². The summed E-state index contributed by atoms with van der Waals surface area (Å²) in [5.41, 5.74) is 3.63. The minimum absolute atomic E-state index is 0.0570. The van der Waals surface area contributed by atoms with Crippen molar-refractivity contribution in [3.63, 3.8) is 0 Å². The molecule has 0 fully saturated rings. The van der Waals surface area contributed by atoms with E-state index in [2.05, 4.69) is 6.92 Å². The topological polar surface area (TPSA) is 37.4 Å². The van der Waals surface area contributed by atoms with E-state index >= 15 is 0 Å². The van der Waals surface area contributed by atoms with Gasteiger partial charge in [0.15, 0.2) is 0 Å². The van der Waals surface area contributed by atoms with Gasteiger partial charge in [-0.2, -0.15) is 0 Å². The van der Waals surface area contributed by atoms with Crippen molar-refractivity contribution >= 4 is 15.7 Å². The quantitative estimate of drug-likeness (QED) is 0.726. The Morgan fingerprint density at radius 1 is 1.00 bits per heavy atom. The highest BCUT2D eigenvalue weighted by atomic mass is 32.2. The molecular formula is C18H23NO2S. The van der Waals surface area contributed by atoms with Crippen LogP contribution in [0.15, 0.2) is 47.4 Å². The van der Waals surface area contributed by atoms with Gasteiger partial charge < -0.3 is 0 Å². The first kappa shape index (κ1) is 16.6. The number of para-hydroxylation sites is 1. The number of hydrogen-bond acceptors (Lipinski definition) is 2. The second kappa shape index (κ2) is 6.13. The summed E-state index contributed by atoms with van der Waals surface area (Å²) in [4.78, 5) is 0.420. The summed E-state index contributed by atoms with van der Waals surface area (Å²) in [6.07, 6.45) is 0.